The topological polar surface area (TPSA) is 6.48 Å². The van der Waals surface area contributed by atoms with Crippen molar-refractivity contribution in [3.63, 3.8) is 0 Å². The fourth-order valence-electron chi connectivity index (χ4n) is 16.1. The van der Waals surface area contributed by atoms with Gasteiger partial charge in [0.05, 0.1) is 22.6 Å². The van der Waals surface area contributed by atoms with E-state index in [9.17, 15) is 0 Å². The number of aryl methyl sites for hydroxylation is 2. The van der Waals surface area contributed by atoms with Crippen molar-refractivity contribution in [3.05, 3.63) is 340 Å². The highest BCUT2D eigenvalue weighted by molar-refractivity contribution is 6.28. The Hall–Kier alpha value is -9.76. The smallest absolute Gasteiger partial charge is 0.0716 e. The molecule has 0 bridgehead atoms. The Balaban J connectivity index is 0.903. The van der Waals surface area contributed by atoms with Crippen LogP contribution in [0.4, 0.5) is 28.4 Å². The monoisotopic (exact) mass is 1080 g/mol. The fourth-order valence-corrected chi connectivity index (χ4v) is 16.1. The predicted octanol–water partition coefficient (Wildman–Crippen LogP) is 21.3. The van der Waals surface area contributed by atoms with E-state index in [-0.39, 0.29) is 12.0 Å². The summed E-state index contributed by atoms with van der Waals surface area (Å²) in [5.74, 6) is 0.232. The van der Waals surface area contributed by atoms with Gasteiger partial charge in [-0.15, -0.1) is 0 Å². The molecule has 2 atom stereocenters. The number of allylic oxidation sites excluding steroid dienone is 6. The summed E-state index contributed by atoms with van der Waals surface area (Å²) in [5.41, 5.74) is 24.6. The summed E-state index contributed by atoms with van der Waals surface area (Å²) in [4.78, 5) is 5.19. The Morgan fingerprint density at radius 3 is 1.57 bits per heavy atom. The molecule has 4 aliphatic carbocycles. The standard InChI is InChI=1S/C82H64N2/c1-53-21-17-27-61(49-53)83(63-29-19-25-59(51-63)81(71-35-11-5-23-55(71)3)73-37-13-7-31-65(73)66-32-8-14-38-74(66)81)77-47-43-57-42-46-70-78(48-44-58-41-45-69(77)79(57)80(58)70)84(62-28-18-22-54(2)50-62)64-30-20-26-60(52-64)82(72-36-12-6-24-56(72)4)75-39-15-9-33-67(75)68-34-10-16-40-76(68)82/h5-27,29-34,36-52,62,71H,28,35H2,1-4H3. The minimum atomic E-state index is -0.532. The summed E-state index contributed by atoms with van der Waals surface area (Å²) >= 11 is 0. The van der Waals surface area contributed by atoms with Gasteiger partial charge in [0.25, 0.3) is 0 Å². The molecule has 84 heavy (non-hydrogen) atoms. The summed E-state index contributed by atoms with van der Waals surface area (Å²) in [6.45, 7) is 9.08. The third kappa shape index (κ3) is 7.29. The van der Waals surface area contributed by atoms with E-state index in [2.05, 4.69) is 317 Å². The number of nitrogens with zero attached hydrogens (tertiary/aromatic N) is 2. The molecule has 12 aromatic rings. The number of hydrogen-bond acceptors (Lipinski definition) is 2. The van der Waals surface area contributed by atoms with E-state index in [4.69, 9.17) is 0 Å². The second-order valence-electron chi connectivity index (χ2n) is 24.0. The average molecular weight is 1080 g/mol. The van der Waals surface area contributed by atoms with Gasteiger partial charge in [-0.25, -0.2) is 0 Å². The normalized spacial score (nSPS) is 17.0. The quantitative estimate of drug-likeness (QED) is 0.126. The molecule has 2 heteroatoms. The Labute approximate surface area is 493 Å². The van der Waals surface area contributed by atoms with E-state index in [1.54, 1.807) is 0 Å². The van der Waals surface area contributed by atoms with E-state index >= 15 is 0 Å². The first kappa shape index (κ1) is 50.0. The molecule has 402 valence electrons. The highest BCUT2D eigenvalue weighted by Gasteiger charge is 2.51. The van der Waals surface area contributed by atoms with Crippen LogP contribution in [0.3, 0.4) is 0 Å². The molecule has 0 aliphatic heterocycles. The van der Waals surface area contributed by atoms with Gasteiger partial charge in [0.1, 0.15) is 0 Å². The van der Waals surface area contributed by atoms with Crippen molar-refractivity contribution in [1.29, 1.82) is 0 Å². The molecule has 2 unspecified atom stereocenters. The van der Waals surface area contributed by atoms with E-state index in [1.807, 2.05) is 0 Å². The lowest BCUT2D eigenvalue weighted by molar-refractivity contribution is 0.434. The number of rotatable bonds is 10. The first-order valence-corrected chi connectivity index (χ1v) is 30.0. The molecule has 0 fully saturated rings. The molecule has 2 nitrogen and oxygen atoms in total. The third-order valence-corrected chi connectivity index (χ3v) is 19.5. The van der Waals surface area contributed by atoms with Crippen LogP contribution in [0, 0.1) is 19.8 Å². The Kier molecular flexibility index (Phi) is 11.6. The molecular weight excluding hydrogens is 1010 g/mol. The van der Waals surface area contributed by atoms with Crippen LogP contribution < -0.4 is 9.80 Å². The molecular formula is C82H64N2. The first-order chi connectivity index (χ1) is 41.3. The fraction of sp³-hybridized carbons (Fsp3) is 0.122. The summed E-state index contributed by atoms with van der Waals surface area (Å²) in [7, 11) is 0. The maximum atomic E-state index is 2.65. The molecule has 4 aliphatic rings. The van der Waals surface area contributed by atoms with Crippen molar-refractivity contribution in [2.45, 2.75) is 57.4 Å². The molecule has 0 radical (unpaired) electrons. The third-order valence-electron chi connectivity index (χ3n) is 19.5. The summed E-state index contributed by atoms with van der Waals surface area (Å²) < 4.78 is 0. The van der Waals surface area contributed by atoms with E-state index < -0.39 is 10.8 Å². The van der Waals surface area contributed by atoms with Crippen LogP contribution in [0.25, 0.3) is 54.6 Å². The van der Waals surface area contributed by atoms with Crippen molar-refractivity contribution in [2.75, 3.05) is 9.80 Å². The predicted molar refractivity (Wildman–Crippen MR) is 354 cm³/mol. The van der Waals surface area contributed by atoms with Crippen molar-refractivity contribution in [1.82, 2.24) is 0 Å². The van der Waals surface area contributed by atoms with Crippen LogP contribution in [0.1, 0.15) is 76.8 Å². The summed E-state index contributed by atoms with van der Waals surface area (Å²) in [5, 5.41) is 7.51. The van der Waals surface area contributed by atoms with Gasteiger partial charge in [0.15, 0.2) is 0 Å². The lowest BCUT2D eigenvalue weighted by atomic mass is 9.60. The van der Waals surface area contributed by atoms with Crippen LogP contribution in [-0.4, -0.2) is 6.04 Å². The zero-order valence-electron chi connectivity index (χ0n) is 48.0. The molecule has 0 aromatic heterocycles. The number of fused-ring (bicyclic) bond motifs is 6. The zero-order chi connectivity index (χ0) is 56.3. The van der Waals surface area contributed by atoms with Crippen LogP contribution in [0.2, 0.25) is 0 Å². The largest absolute Gasteiger partial charge is 0.334 e. The number of benzene rings is 12. The van der Waals surface area contributed by atoms with Crippen molar-refractivity contribution >= 4 is 60.8 Å². The van der Waals surface area contributed by atoms with Crippen molar-refractivity contribution in [2.24, 2.45) is 5.92 Å². The van der Waals surface area contributed by atoms with Gasteiger partial charge >= 0.3 is 0 Å². The van der Waals surface area contributed by atoms with Crippen LogP contribution >= 0.6 is 0 Å². The molecule has 16 rings (SSSR count). The van der Waals surface area contributed by atoms with E-state index in [0.717, 1.165) is 29.9 Å². The number of hydrogen-bond donors (Lipinski definition) is 0. The molecule has 0 amide bonds. The maximum absolute atomic E-state index is 2.65. The maximum Gasteiger partial charge on any atom is 0.0716 e. The van der Waals surface area contributed by atoms with Crippen molar-refractivity contribution < 1.29 is 0 Å². The Morgan fingerprint density at radius 1 is 0.417 bits per heavy atom. The number of anilines is 5. The van der Waals surface area contributed by atoms with Crippen molar-refractivity contribution in [3.8, 4) is 22.3 Å². The van der Waals surface area contributed by atoms with Gasteiger partial charge in [-0.1, -0.05) is 242 Å². The summed E-state index contributed by atoms with van der Waals surface area (Å²) in [6.07, 6.45) is 15.9. The second-order valence-corrected chi connectivity index (χ2v) is 24.0. The van der Waals surface area contributed by atoms with E-state index in [0.29, 0.717) is 0 Å². The van der Waals surface area contributed by atoms with Gasteiger partial charge in [-0.2, -0.15) is 0 Å². The SMILES string of the molecule is CC1=CC(N(c2cccc(C3(c4ccccc4C)c4ccccc4-c4ccccc43)c2)c2ccc3ccc4c(N(c5cccc(C)c5)c5cccc(C6(C7CC=CC=C7C)c7ccccc7-c7ccccc76)c5)ccc5ccc2c3c54)CC=C1. The minimum Gasteiger partial charge on any atom is -0.334 e. The van der Waals surface area contributed by atoms with Crippen LogP contribution in [-0.2, 0) is 10.8 Å². The van der Waals surface area contributed by atoms with Gasteiger partial charge < -0.3 is 9.80 Å². The van der Waals surface area contributed by atoms with Gasteiger partial charge in [0, 0.05) is 39.4 Å². The van der Waals surface area contributed by atoms with Gasteiger partial charge in [0.2, 0.25) is 0 Å². The molecule has 0 heterocycles. The van der Waals surface area contributed by atoms with E-state index in [1.165, 1.54) is 127 Å². The molecule has 0 saturated carbocycles. The minimum absolute atomic E-state index is 0.0759. The average Bonchev–Trinajstić information content (AvgIpc) is 1.57. The lowest BCUT2D eigenvalue weighted by Gasteiger charge is -2.42. The van der Waals surface area contributed by atoms with Gasteiger partial charge in [-0.05, 0) is 183 Å². The second kappa shape index (κ2) is 19.4. The van der Waals surface area contributed by atoms with Gasteiger partial charge in [-0.3, -0.25) is 0 Å². The Morgan fingerprint density at radius 2 is 0.940 bits per heavy atom. The lowest BCUT2D eigenvalue weighted by Crippen LogP contribution is -2.37. The zero-order valence-corrected chi connectivity index (χ0v) is 48.0. The van der Waals surface area contributed by atoms with Crippen LogP contribution in [0.15, 0.2) is 290 Å². The highest BCUT2D eigenvalue weighted by Crippen LogP contribution is 2.61. The summed E-state index contributed by atoms with van der Waals surface area (Å²) in [6, 6.07) is 92.9. The van der Waals surface area contributed by atoms with Crippen LogP contribution in [0.5, 0.6) is 0 Å². The Bertz CT molecular complexity index is 4680. The highest BCUT2D eigenvalue weighted by atomic mass is 15.2. The first-order valence-electron chi connectivity index (χ1n) is 30.0. The molecule has 0 saturated heterocycles. The molecule has 12 aromatic carbocycles. The molecule has 0 spiro atoms. The molecule has 0 N–H and O–H groups in total.